The van der Waals surface area contributed by atoms with Crippen LogP contribution in [-0.4, -0.2) is 22.0 Å². The number of aromatic nitrogens is 1. The van der Waals surface area contributed by atoms with Gasteiger partial charge in [0.15, 0.2) is 11.5 Å². The van der Waals surface area contributed by atoms with E-state index in [0.717, 1.165) is 5.52 Å². The average molecular weight is 352 g/mol. The molecule has 26 heavy (non-hydrogen) atoms. The summed E-state index contributed by atoms with van der Waals surface area (Å²) in [6.45, 7) is 3.28. The molecule has 0 fully saturated rings. The van der Waals surface area contributed by atoms with Gasteiger partial charge in [-0.1, -0.05) is 24.3 Å². The number of nitrogens with zero attached hydrogens (tertiary/aromatic N) is 1. The maximum atomic E-state index is 12.1. The van der Waals surface area contributed by atoms with Gasteiger partial charge in [-0.15, -0.1) is 0 Å². The molecule has 0 saturated heterocycles. The number of carboxylic acids is 1. The molecule has 0 radical (unpaired) electrons. The Hall–Kier alpha value is -3.15. The quantitative estimate of drug-likeness (QED) is 0.704. The van der Waals surface area contributed by atoms with Crippen molar-refractivity contribution < 1.29 is 19.1 Å². The monoisotopic (exact) mass is 352 g/mol. The van der Waals surface area contributed by atoms with Gasteiger partial charge in [0.1, 0.15) is 5.52 Å². The minimum Gasteiger partial charge on any atom is -0.481 e. The summed E-state index contributed by atoms with van der Waals surface area (Å²) < 4.78 is 5.60. The van der Waals surface area contributed by atoms with Crippen LogP contribution in [0.4, 0.5) is 5.69 Å². The Labute approximate surface area is 150 Å². The summed E-state index contributed by atoms with van der Waals surface area (Å²) in [6, 6.07) is 14.3. The third kappa shape index (κ3) is 3.74. The molecule has 1 heterocycles. The number of nitrogens with one attached hydrogen (secondary N) is 1. The lowest BCUT2D eigenvalue weighted by molar-refractivity contribution is -0.142. The van der Waals surface area contributed by atoms with Gasteiger partial charge < -0.3 is 14.8 Å². The number of benzene rings is 2. The van der Waals surface area contributed by atoms with Gasteiger partial charge in [0.25, 0.3) is 0 Å². The van der Waals surface area contributed by atoms with Gasteiger partial charge in [-0.05, 0) is 43.7 Å². The fourth-order valence-electron chi connectivity index (χ4n) is 2.56. The van der Waals surface area contributed by atoms with Crippen LogP contribution in [0.15, 0.2) is 52.9 Å². The van der Waals surface area contributed by atoms with Crippen molar-refractivity contribution in [2.45, 2.75) is 32.1 Å². The molecular weight excluding hydrogens is 332 g/mol. The number of oxazole rings is 1. The first-order valence-electron chi connectivity index (χ1n) is 8.34. The number of carbonyl (C=O) groups excluding carboxylic acids is 1. The third-order valence-corrected chi connectivity index (χ3v) is 4.33. The molecule has 3 rings (SSSR count). The van der Waals surface area contributed by atoms with Crippen LogP contribution >= 0.6 is 0 Å². The first-order chi connectivity index (χ1) is 12.4. The molecule has 3 aromatic rings. The van der Waals surface area contributed by atoms with Crippen LogP contribution in [0, 0.1) is 0 Å². The minimum absolute atomic E-state index is 0.155. The SMILES string of the molecule is CC(C)(C(=O)O)c1ccc(NC(=O)CCc2nc3ccccc3o2)cc1. The van der Waals surface area contributed by atoms with Gasteiger partial charge in [-0.3, -0.25) is 9.59 Å². The third-order valence-electron chi connectivity index (χ3n) is 4.33. The Bertz CT molecular complexity index is 909. The number of anilines is 1. The summed E-state index contributed by atoms with van der Waals surface area (Å²) in [6.07, 6.45) is 0.653. The first-order valence-corrected chi connectivity index (χ1v) is 8.34. The van der Waals surface area contributed by atoms with Gasteiger partial charge in [0, 0.05) is 18.5 Å². The molecule has 0 spiro atoms. The van der Waals surface area contributed by atoms with E-state index in [0.29, 0.717) is 29.1 Å². The Balaban J connectivity index is 1.58. The molecule has 0 aliphatic heterocycles. The van der Waals surface area contributed by atoms with Gasteiger partial charge in [-0.2, -0.15) is 0 Å². The number of aryl methyl sites for hydroxylation is 1. The lowest BCUT2D eigenvalue weighted by atomic mass is 9.85. The Kier molecular flexibility index (Phi) is 4.75. The molecule has 6 nitrogen and oxygen atoms in total. The van der Waals surface area contributed by atoms with Crippen LogP contribution in [0.25, 0.3) is 11.1 Å². The zero-order valence-electron chi connectivity index (χ0n) is 14.7. The molecule has 6 heteroatoms. The second-order valence-electron chi connectivity index (χ2n) is 6.63. The number of rotatable bonds is 6. The fourth-order valence-corrected chi connectivity index (χ4v) is 2.56. The highest BCUT2D eigenvalue weighted by Crippen LogP contribution is 2.25. The molecule has 0 saturated carbocycles. The number of hydrogen-bond acceptors (Lipinski definition) is 4. The van der Waals surface area contributed by atoms with Crippen LogP contribution in [-0.2, 0) is 21.4 Å². The lowest BCUT2D eigenvalue weighted by Crippen LogP contribution is -2.28. The Morgan fingerprint density at radius 3 is 2.46 bits per heavy atom. The first kappa shape index (κ1) is 17.7. The minimum atomic E-state index is -0.977. The van der Waals surface area contributed by atoms with E-state index in [2.05, 4.69) is 10.3 Å². The summed E-state index contributed by atoms with van der Waals surface area (Å²) in [5.74, 6) is -0.523. The second-order valence-corrected chi connectivity index (χ2v) is 6.63. The van der Waals surface area contributed by atoms with E-state index in [4.69, 9.17) is 4.42 Å². The zero-order chi connectivity index (χ0) is 18.7. The van der Waals surface area contributed by atoms with Crippen LogP contribution in [0.2, 0.25) is 0 Å². The second kappa shape index (κ2) is 7.00. The van der Waals surface area contributed by atoms with Crippen molar-refractivity contribution in [1.29, 1.82) is 0 Å². The zero-order valence-corrected chi connectivity index (χ0v) is 14.7. The summed E-state index contributed by atoms with van der Waals surface area (Å²) in [7, 11) is 0. The van der Waals surface area contributed by atoms with E-state index in [1.54, 1.807) is 38.1 Å². The molecule has 0 unspecified atom stereocenters. The molecule has 0 aliphatic rings. The standard InChI is InChI=1S/C20H20N2O4/c1-20(2,19(24)25)13-7-9-14(10-8-13)21-17(23)11-12-18-22-15-5-3-4-6-16(15)26-18/h3-10H,11-12H2,1-2H3,(H,21,23)(H,24,25). The number of amides is 1. The number of carbonyl (C=O) groups is 2. The van der Waals surface area contributed by atoms with Crippen LogP contribution in [0.1, 0.15) is 31.7 Å². The van der Waals surface area contributed by atoms with Gasteiger partial charge in [0.05, 0.1) is 5.41 Å². The van der Waals surface area contributed by atoms with Gasteiger partial charge >= 0.3 is 5.97 Å². The van der Waals surface area contributed by atoms with Crippen molar-refractivity contribution in [2.24, 2.45) is 0 Å². The number of para-hydroxylation sites is 2. The van der Waals surface area contributed by atoms with E-state index in [1.165, 1.54) is 0 Å². The van der Waals surface area contributed by atoms with Crippen molar-refractivity contribution in [3.63, 3.8) is 0 Å². The smallest absolute Gasteiger partial charge is 0.313 e. The van der Waals surface area contributed by atoms with E-state index >= 15 is 0 Å². The Morgan fingerprint density at radius 1 is 1.12 bits per heavy atom. The van der Waals surface area contributed by atoms with Crippen molar-refractivity contribution in [2.75, 3.05) is 5.32 Å². The number of aliphatic carboxylic acids is 1. The van der Waals surface area contributed by atoms with Crippen molar-refractivity contribution in [3.05, 3.63) is 60.0 Å². The highest BCUT2D eigenvalue weighted by atomic mass is 16.4. The molecule has 134 valence electrons. The van der Waals surface area contributed by atoms with Crippen LogP contribution in [0.5, 0.6) is 0 Å². The van der Waals surface area contributed by atoms with Crippen LogP contribution < -0.4 is 5.32 Å². The molecule has 2 aromatic carbocycles. The van der Waals surface area contributed by atoms with E-state index < -0.39 is 11.4 Å². The van der Waals surface area contributed by atoms with Gasteiger partial charge in [0.2, 0.25) is 5.91 Å². The predicted molar refractivity (Wildman–Crippen MR) is 98.1 cm³/mol. The maximum absolute atomic E-state index is 12.1. The predicted octanol–water partition coefficient (Wildman–Crippen LogP) is 3.76. The number of hydrogen-bond donors (Lipinski definition) is 2. The van der Waals surface area contributed by atoms with Crippen molar-refractivity contribution in [1.82, 2.24) is 4.98 Å². The highest BCUT2D eigenvalue weighted by Gasteiger charge is 2.29. The lowest BCUT2D eigenvalue weighted by Gasteiger charge is -2.19. The van der Waals surface area contributed by atoms with E-state index in [9.17, 15) is 14.7 Å². The summed E-state index contributed by atoms with van der Waals surface area (Å²) >= 11 is 0. The van der Waals surface area contributed by atoms with Crippen molar-refractivity contribution >= 4 is 28.7 Å². The summed E-state index contributed by atoms with van der Waals surface area (Å²) in [4.78, 5) is 27.7. The summed E-state index contributed by atoms with van der Waals surface area (Å²) in [5.41, 5.74) is 1.81. The maximum Gasteiger partial charge on any atom is 0.313 e. The molecule has 1 amide bonds. The van der Waals surface area contributed by atoms with Gasteiger partial charge in [-0.25, -0.2) is 4.98 Å². The molecule has 0 aliphatic carbocycles. The fraction of sp³-hybridized carbons (Fsp3) is 0.250. The Morgan fingerprint density at radius 2 is 1.81 bits per heavy atom. The van der Waals surface area contributed by atoms with Crippen molar-refractivity contribution in [3.8, 4) is 0 Å². The van der Waals surface area contributed by atoms with E-state index in [1.807, 2.05) is 24.3 Å². The van der Waals surface area contributed by atoms with Crippen LogP contribution in [0.3, 0.4) is 0 Å². The number of carboxylic acid groups (broad SMARTS) is 1. The normalized spacial score (nSPS) is 11.5. The number of fused-ring (bicyclic) bond motifs is 1. The topological polar surface area (TPSA) is 92.4 Å². The molecule has 0 atom stereocenters. The highest BCUT2D eigenvalue weighted by molar-refractivity contribution is 5.91. The largest absolute Gasteiger partial charge is 0.481 e. The van der Waals surface area contributed by atoms with E-state index in [-0.39, 0.29) is 12.3 Å². The molecular formula is C20H20N2O4. The molecule has 0 bridgehead atoms. The average Bonchev–Trinajstić information content (AvgIpc) is 3.03. The molecule has 2 N–H and O–H groups in total. The summed E-state index contributed by atoms with van der Waals surface area (Å²) in [5, 5.41) is 12.1. The molecule has 1 aromatic heterocycles.